The van der Waals surface area contributed by atoms with Crippen LogP contribution >= 0.6 is 11.6 Å². The summed E-state index contributed by atoms with van der Waals surface area (Å²) in [6, 6.07) is 13.1. The van der Waals surface area contributed by atoms with Crippen molar-refractivity contribution < 1.29 is 12.7 Å². The summed E-state index contributed by atoms with van der Waals surface area (Å²) in [5, 5.41) is 7.67. The summed E-state index contributed by atoms with van der Waals surface area (Å²) >= 11 is 5.84. The van der Waals surface area contributed by atoms with Crippen LogP contribution in [-0.2, 0) is 14.4 Å². The van der Waals surface area contributed by atoms with E-state index in [2.05, 4.69) is 20.0 Å². The molecule has 7 nitrogen and oxygen atoms in total. The number of benzene rings is 2. The van der Waals surface area contributed by atoms with E-state index < -0.39 is 10.1 Å². The highest BCUT2D eigenvalue weighted by atomic mass is 35.5. The quantitative estimate of drug-likeness (QED) is 0.479. The van der Waals surface area contributed by atoms with Crippen LogP contribution < -0.4 is 11.2 Å². The average molecular weight is 367 g/mol. The largest absolute Gasteiger partial charge is 0.366 e. The number of nitrogens with two attached hydrogens (primary N) is 1. The number of rotatable bonds is 5. The van der Waals surface area contributed by atoms with Crippen molar-refractivity contribution in [2.24, 2.45) is 16.0 Å². The third-order valence-corrected chi connectivity index (χ3v) is 4.14. The molecular formula is C15H15ClN4O3S. The molecular weight excluding hydrogens is 352 g/mol. The number of hydrogen-bond acceptors (Lipinski definition) is 5. The molecule has 0 aromatic heterocycles. The molecule has 0 aliphatic heterocycles. The van der Waals surface area contributed by atoms with Gasteiger partial charge in [-0.05, 0) is 41.9 Å². The first-order valence-corrected chi connectivity index (χ1v) is 8.54. The van der Waals surface area contributed by atoms with Gasteiger partial charge in [-0.1, -0.05) is 41.4 Å². The van der Waals surface area contributed by atoms with Gasteiger partial charge in [-0.25, -0.2) is 5.43 Å². The fraction of sp³-hybridized carbons (Fsp3) is 0.0667. The second kappa shape index (κ2) is 7.80. The van der Waals surface area contributed by atoms with Gasteiger partial charge in [-0.2, -0.15) is 13.5 Å². The van der Waals surface area contributed by atoms with Gasteiger partial charge >= 0.3 is 10.1 Å². The highest BCUT2D eigenvalue weighted by Gasteiger charge is 2.15. The minimum atomic E-state index is -4.03. The van der Waals surface area contributed by atoms with E-state index >= 15 is 0 Å². The Bertz CT molecular complexity index is 865. The van der Waals surface area contributed by atoms with Gasteiger partial charge in [0.1, 0.15) is 4.90 Å². The van der Waals surface area contributed by atoms with Gasteiger partial charge in [-0.3, -0.25) is 4.28 Å². The van der Waals surface area contributed by atoms with Gasteiger partial charge in [0.2, 0.25) is 0 Å². The van der Waals surface area contributed by atoms with Gasteiger partial charge in [-0.15, -0.1) is 0 Å². The number of halogens is 1. The third-order valence-electron chi connectivity index (χ3n) is 2.78. The Morgan fingerprint density at radius 1 is 1.25 bits per heavy atom. The molecule has 9 heteroatoms. The Labute approximate surface area is 144 Å². The zero-order valence-corrected chi connectivity index (χ0v) is 14.3. The van der Waals surface area contributed by atoms with Crippen LogP contribution in [0.2, 0.25) is 5.02 Å². The van der Waals surface area contributed by atoms with E-state index in [1.807, 2.05) is 6.92 Å². The van der Waals surface area contributed by atoms with Crippen molar-refractivity contribution in [3.8, 4) is 0 Å². The molecule has 0 spiro atoms. The van der Waals surface area contributed by atoms with Crippen LogP contribution in [0.3, 0.4) is 0 Å². The lowest BCUT2D eigenvalue weighted by atomic mass is 10.2. The lowest BCUT2D eigenvalue weighted by molar-refractivity contribution is 0.336. The van der Waals surface area contributed by atoms with Crippen molar-refractivity contribution in [1.82, 2.24) is 5.43 Å². The van der Waals surface area contributed by atoms with Crippen LogP contribution in [0.4, 0.5) is 0 Å². The van der Waals surface area contributed by atoms with E-state index in [0.717, 1.165) is 11.1 Å². The van der Waals surface area contributed by atoms with Crippen LogP contribution in [0.5, 0.6) is 0 Å². The first-order valence-electron chi connectivity index (χ1n) is 6.75. The summed E-state index contributed by atoms with van der Waals surface area (Å²) in [5.41, 5.74) is 9.49. The average Bonchev–Trinajstić information content (AvgIpc) is 2.54. The molecule has 0 heterocycles. The predicted octanol–water partition coefficient (Wildman–Crippen LogP) is 2.21. The summed E-state index contributed by atoms with van der Waals surface area (Å²) < 4.78 is 28.3. The number of hydrazone groups is 1. The second-order valence-electron chi connectivity index (χ2n) is 4.74. The van der Waals surface area contributed by atoms with E-state index in [4.69, 9.17) is 17.3 Å². The normalized spacial score (nSPS) is 12.3. The minimum Gasteiger partial charge on any atom is -0.366 e. The topological polar surface area (TPSA) is 106 Å². The minimum absolute atomic E-state index is 0.0212. The Morgan fingerprint density at radius 3 is 2.62 bits per heavy atom. The predicted molar refractivity (Wildman–Crippen MR) is 93.3 cm³/mol. The summed E-state index contributed by atoms with van der Waals surface area (Å²) in [6.45, 7) is 1.84. The number of hydrogen-bond donors (Lipinski definition) is 2. The molecule has 24 heavy (non-hydrogen) atoms. The smallest absolute Gasteiger partial charge is 0.358 e. The van der Waals surface area contributed by atoms with E-state index in [-0.39, 0.29) is 10.9 Å². The van der Waals surface area contributed by atoms with Crippen molar-refractivity contribution in [2.45, 2.75) is 11.8 Å². The van der Waals surface area contributed by atoms with Crippen molar-refractivity contribution >= 4 is 33.9 Å². The Balaban J connectivity index is 1.97. The van der Waals surface area contributed by atoms with Crippen molar-refractivity contribution in [1.29, 1.82) is 0 Å². The molecule has 2 aromatic rings. The van der Waals surface area contributed by atoms with E-state index in [0.29, 0.717) is 5.02 Å². The molecule has 3 N–H and O–H groups in total. The number of oxime groups is 1. The maximum atomic E-state index is 11.9. The second-order valence-corrected chi connectivity index (χ2v) is 6.71. The molecule has 0 saturated carbocycles. The van der Waals surface area contributed by atoms with E-state index in [1.54, 1.807) is 36.4 Å². The SMILES string of the molecule is Cc1ccc(S(=O)(=O)ON=C(N)NN=Cc2cccc(Cl)c2)cc1. The monoisotopic (exact) mass is 366 g/mol. The molecule has 126 valence electrons. The fourth-order valence-electron chi connectivity index (χ4n) is 1.62. The molecule has 0 unspecified atom stereocenters. The van der Waals surface area contributed by atoms with E-state index in [9.17, 15) is 8.42 Å². The van der Waals surface area contributed by atoms with Gasteiger partial charge in [0, 0.05) is 5.02 Å². The molecule has 0 bridgehead atoms. The van der Waals surface area contributed by atoms with Gasteiger partial charge < -0.3 is 5.73 Å². The zero-order valence-electron chi connectivity index (χ0n) is 12.7. The molecule has 0 radical (unpaired) electrons. The van der Waals surface area contributed by atoms with Crippen molar-refractivity contribution in [2.75, 3.05) is 0 Å². The fourth-order valence-corrected chi connectivity index (χ4v) is 2.55. The maximum Gasteiger partial charge on any atom is 0.358 e. The Kier molecular flexibility index (Phi) is 5.78. The first-order chi connectivity index (χ1) is 11.4. The molecule has 0 amide bonds. The molecule has 0 aliphatic rings. The Hall–Kier alpha value is -2.58. The summed E-state index contributed by atoms with van der Waals surface area (Å²) in [7, 11) is -4.03. The van der Waals surface area contributed by atoms with Crippen LogP contribution in [0.15, 0.2) is 63.7 Å². The molecule has 0 fully saturated rings. The van der Waals surface area contributed by atoms with Crippen LogP contribution in [-0.4, -0.2) is 20.6 Å². The van der Waals surface area contributed by atoms with Gasteiger partial charge in [0.15, 0.2) is 0 Å². The summed E-state index contributed by atoms with van der Waals surface area (Å²) in [6.07, 6.45) is 1.45. The molecule has 2 rings (SSSR count). The molecule has 0 atom stereocenters. The lowest BCUT2D eigenvalue weighted by Crippen LogP contribution is -2.28. The summed E-state index contributed by atoms with van der Waals surface area (Å²) in [4.78, 5) is -0.0212. The molecule has 0 saturated heterocycles. The molecule has 2 aromatic carbocycles. The van der Waals surface area contributed by atoms with Gasteiger partial charge in [0.25, 0.3) is 5.96 Å². The van der Waals surface area contributed by atoms with Crippen LogP contribution in [0, 0.1) is 6.92 Å². The first kappa shape index (κ1) is 17.8. The summed E-state index contributed by atoms with van der Waals surface area (Å²) in [5.74, 6) is -0.316. The standard InChI is InChI=1S/C15H15ClN4O3S/c1-11-5-7-14(8-6-11)24(21,22)23-20-15(17)19-18-10-12-3-2-4-13(16)9-12/h2-10H,1H3,(H3,17,19,20). The highest BCUT2D eigenvalue weighted by Crippen LogP contribution is 2.13. The van der Waals surface area contributed by atoms with Crippen LogP contribution in [0.25, 0.3) is 0 Å². The Morgan fingerprint density at radius 2 is 1.96 bits per heavy atom. The lowest BCUT2D eigenvalue weighted by Gasteiger charge is -2.03. The molecule has 0 aliphatic carbocycles. The number of guanidine groups is 1. The van der Waals surface area contributed by atoms with E-state index in [1.165, 1.54) is 18.3 Å². The van der Waals surface area contributed by atoms with Crippen molar-refractivity contribution in [3.63, 3.8) is 0 Å². The number of nitrogens with one attached hydrogen (secondary N) is 1. The number of aryl methyl sites for hydroxylation is 1. The number of nitrogens with zero attached hydrogens (tertiary/aromatic N) is 2. The third kappa shape index (κ3) is 5.25. The van der Waals surface area contributed by atoms with Crippen molar-refractivity contribution in [3.05, 3.63) is 64.7 Å². The van der Waals surface area contributed by atoms with Gasteiger partial charge in [0.05, 0.1) is 6.21 Å². The highest BCUT2D eigenvalue weighted by molar-refractivity contribution is 7.86. The maximum absolute atomic E-state index is 11.9. The van der Waals surface area contributed by atoms with Crippen LogP contribution in [0.1, 0.15) is 11.1 Å². The zero-order chi connectivity index (χ0) is 17.6.